The normalized spacial score (nSPS) is 15.1. The quantitative estimate of drug-likeness (QED) is 0.670. The van der Waals surface area contributed by atoms with Crippen LogP contribution in [0.4, 0.5) is 0 Å². The number of halogens is 2. The van der Waals surface area contributed by atoms with E-state index in [1.165, 1.54) is 11.3 Å². The highest BCUT2D eigenvalue weighted by molar-refractivity contribution is 7.12. The van der Waals surface area contributed by atoms with Crippen LogP contribution in [0.2, 0.25) is 10.0 Å². The molecule has 1 amide bonds. The van der Waals surface area contributed by atoms with E-state index in [1.54, 1.807) is 22.8 Å². The molecule has 0 atom stereocenters. The summed E-state index contributed by atoms with van der Waals surface area (Å²) >= 11 is 13.7. The van der Waals surface area contributed by atoms with E-state index in [0.717, 1.165) is 23.7 Å². The maximum atomic E-state index is 12.8. The Kier molecular flexibility index (Phi) is 5.57. The average Bonchev–Trinajstić information content (AvgIpc) is 3.33. The lowest BCUT2D eigenvalue weighted by molar-refractivity contribution is 0.0690. The van der Waals surface area contributed by atoms with E-state index in [4.69, 9.17) is 23.2 Å². The summed E-state index contributed by atoms with van der Waals surface area (Å²) in [4.78, 5) is 26.7. The Morgan fingerprint density at radius 1 is 1.25 bits per heavy atom. The number of aromatic nitrogens is 3. The number of hydrogen-bond acceptors (Lipinski definition) is 4. The maximum Gasteiger partial charge on any atom is 0.348 e. The minimum atomic E-state index is -0.222. The number of carbonyl (C=O) groups is 1. The summed E-state index contributed by atoms with van der Waals surface area (Å²) in [7, 11) is 0. The Hall–Kier alpha value is -2.09. The zero-order valence-corrected chi connectivity index (χ0v) is 17.2. The number of amides is 1. The molecule has 1 fully saturated rings. The van der Waals surface area contributed by atoms with Crippen LogP contribution in [0.1, 0.15) is 29.0 Å². The number of nitrogens with zero attached hydrogens (tertiary/aromatic N) is 3. The largest absolute Gasteiger partial charge is 0.348 e. The number of thiophene rings is 1. The van der Waals surface area contributed by atoms with E-state index in [-0.39, 0.29) is 11.6 Å². The molecule has 0 unspecified atom stereocenters. The van der Waals surface area contributed by atoms with E-state index in [9.17, 15) is 9.59 Å². The van der Waals surface area contributed by atoms with Gasteiger partial charge in [-0.1, -0.05) is 23.2 Å². The topological polar surface area (TPSA) is 71.0 Å². The molecule has 1 saturated heterocycles. The number of aromatic amines is 1. The number of rotatable bonds is 4. The molecular formula is C19H18Cl2N4O2S. The third-order valence-corrected chi connectivity index (χ3v) is 6.42. The maximum absolute atomic E-state index is 12.8. The van der Waals surface area contributed by atoms with E-state index in [0.29, 0.717) is 41.0 Å². The highest BCUT2D eigenvalue weighted by Gasteiger charge is 2.26. The molecular weight excluding hydrogens is 419 g/mol. The minimum absolute atomic E-state index is 0.0961. The highest BCUT2D eigenvalue weighted by Crippen LogP contribution is 2.26. The summed E-state index contributed by atoms with van der Waals surface area (Å²) in [6.07, 6.45) is 2.38. The molecule has 0 aliphatic carbocycles. The van der Waals surface area contributed by atoms with Gasteiger partial charge in [-0.25, -0.2) is 14.5 Å². The van der Waals surface area contributed by atoms with Crippen LogP contribution in [-0.2, 0) is 6.42 Å². The van der Waals surface area contributed by atoms with Gasteiger partial charge >= 0.3 is 5.69 Å². The lowest BCUT2D eigenvalue weighted by atomic mass is 9.93. The molecule has 3 heterocycles. The molecule has 1 aromatic carbocycles. The number of piperidine rings is 1. The van der Waals surface area contributed by atoms with Gasteiger partial charge in [0, 0.05) is 24.5 Å². The van der Waals surface area contributed by atoms with Crippen molar-refractivity contribution < 1.29 is 4.79 Å². The predicted octanol–water partition coefficient (Wildman–Crippen LogP) is 4.02. The van der Waals surface area contributed by atoms with E-state index in [1.807, 2.05) is 22.4 Å². The Labute approximate surface area is 175 Å². The van der Waals surface area contributed by atoms with Gasteiger partial charge in [-0.2, -0.15) is 5.10 Å². The summed E-state index contributed by atoms with van der Waals surface area (Å²) in [6, 6.07) is 8.74. The predicted molar refractivity (Wildman–Crippen MR) is 111 cm³/mol. The van der Waals surface area contributed by atoms with Crippen molar-refractivity contribution >= 4 is 40.4 Å². The number of carbonyl (C=O) groups excluding carboxylic acids is 1. The van der Waals surface area contributed by atoms with Gasteiger partial charge in [0.15, 0.2) is 0 Å². The second kappa shape index (κ2) is 8.11. The standard InChI is InChI=1S/C19H18Cl2N4O2S/c20-13-3-4-15(21)14(11-13)18(26)24-7-5-12(6-8-24)10-16-22-23-19(27)25(16)17-2-1-9-28-17/h1-4,9,11-12H,5-8,10H2,(H,23,27). The summed E-state index contributed by atoms with van der Waals surface area (Å²) in [5.74, 6) is 0.990. The van der Waals surface area contributed by atoms with Gasteiger partial charge in [0.1, 0.15) is 10.8 Å². The molecule has 2 aromatic heterocycles. The SMILES string of the molecule is O=C(c1cc(Cl)ccc1Cl)N1CCC(Cc2n[nH]c(=O)n2-c2cccs2)CC1. The average molecular weight is 437 g/mol. The van der Waals surface area contributed by atoms with Crippen LogP contribution in [0.5, 0.6) is 0 Å². The van der Waals surface area contributed by atoms with E-state index in [2.05, 4.69) is 10.2 Å². The molecule has 6 nitrogen and oxygen atoms in total. The number of benzene rings is 1. The third kappa shape index (κ3) is 3.87. The molecule has 1 N–H and O–H groups in total. The monoisotopic (exact) mass is 436 g/mol. The zero-order valence-electron chi connectivity index (χ0n) is 14.9. The molecule has 0 bridgehead atoms. The van der Waals surface area contributed by atoms with Crippen molar-refractivity contribution in [2.75, 3.05) is 13.1 Å². The third-order valence-electron chi connectivity index (χ3n) is 5.00. The molecule has 1 aliphatic rings. The fourth-order valence-electron chi connectivity index (χ4n) is 3.52. The Balaban J connectivity index is 1.42. The van der Waals surface area contributed by atoms with Crippen LogP contribution in [-0.4, -0.2) is 38.7 Å². The first-order chi connectivity index (χ1) is 13.5. The van der Waals surface area contributed by atoms with Crippen LogP contribution in [0.3, 0.4) is 0 Å². The van der Waals surface area contributed by atoms with Gasteiger partial charge in [0.25, 0.3) is 5.91 Å². The molecule has 0 spiro atoms. The van der Waals surface area contributed by atoms with Crippen LogP contribution in [0, 0.1) is 5.92 Å². The van der Waals surface area contributed by atoms with Gasteiger partial charge in [-0.3, -0.25) is 4.79 Å². The Bertz CT molecular complexity index is 1040. The van der Waals surface area contributed by atoms with Crippen LogP contribution >= 0.6 is 34.5 Å². The fourth-order valence-corrected chi connectivity index (χ4v) is 4.64. The van der Waals surface area contributed by atoms with Crippen molar-refractivity contribution in [1.82, 2.24) is 19.7 Å². The summed E-state index contributed by atoms with van der Waals surface area (Å²) in [6.45, 7) is 1.28. The van der Waals surface area contributed by atoms with Gasteiger partial charge in [-0.15, -0.1) is 11.3 Å². The second-order valence-electron chi connectivity index (χ2n) is 6.80. The first-order valence-corrected chi connectivity index (χ1v) is 10.6. The molecule has 146 valence electrons. The van der Waals surface area contributed by atoms with Crippen molar-refractivity contribution in [1.29, 1.82) is 0 Å². The Morgan fingerprint density at radius 3 is 2.75 bits per heavy atom. The first-order valence-electron chi connectivity index (χ1n) is 8.97. The second-order valence-corrected chi connectivity index (χ2v) is 8.57. The van der Waals surface area contributed by atoms with Gasteiger partial charge < -0.3 is 4.90 Å². The lowest BCUT2D eigenvalue weighted by Gasteiger charge is -2.32. The van der Waals surface area contributed by atoms with Crippen molar-refractivity contribution in [3.63, 3.8) is 0 Å². The van der Waals surface area contributed by atoms with Crippen molar-refractivity contribution in [3.05, 3.63) is 67.6 Å². The van der Waals surface area contributed by atoms with Gasteiger partial charge in [-0.05, 0) is 54.5 Å². The number of hydrogen-bond donors (Lipinski definition) is 1. The van der Waals surface area contributed by atoms with Crippen molar-refractivity contribution in [2.24, 2.45) is 5.92 Å². The van der Waals surface area contributed by atoms with Crippen LogP contribution in [0.15, 0.2) is 40.5 Å². The van der Waals surface area contributed by atoms with Crippen LogP contribution in [0.25, 0.3) is 5.00 Å². The molecule has 1 aliphatic heterocycles. The molecule has 0 saturated carbocycles. The van der Waals surface area contributed by atoms with Gasteiger partial charge in [0.05, 0.1) is 10.6 Å². The van der Waals surface area contributed by atoms with E-state index >= 15 is 0 Å². The van der Waals surface area contributed by atoms with Crippen LogP contribution < -0.4 is 5.69 Å². The summed E-state index contributed by atoms with van der Waals surface area (Å²) in [5, 5.41) is 10.5. The molecule has 9 heteroatoms. The van der Waals surface area contributed by atoms with Crippen molar-refractivity contribution in [2.45, 2.75) is 19.3 Å². The van der Waals surface area contributed by atoms with E-state index < -0.39 is 0 Å². The molecule has 3 aromatic rings. The number of likely N-dealkylation sites (tertiary alicyclic amines) is 1. The van der Waals surface area contributed by atoms with Gasteiger partial charge in [0.2, 0.25) is 0 Å². The molecule has 0 radical (unpaired) electrons. The summed E-state index contributed by atoms with van der Waals surface area (Å²) < 4.78 is 1.63. The lowest BCUT2D eigenvalue weighted by Crippen LogP contribution is -2.39. The number of H-pyrrole nitrogens is 1. The fraction of sp³-hybridized carbons (Fsp3) is 0.316. The van der Waals surface area contributed by atoms with Crippen molar-refractivity contribution in [3.8, 4) is 5.00 Å². The highest BCUT2D eigenvalue weighted by atomic mass is 35.5. The summed E-state index contributed by atoms with van der Waals surface area (Å²) in [5.41, 5.74) is 0.215. The minimum Gasteiger partial charge on any atom is -0.339 e. The molecule has 4 rings (SSSR count). The zero-order chi connectivity index (χ0) is 19.7. The molecule has 28 heavy (non-hydrogen) atoms. The first kappa shape index (κ1) is 19.2. The Morgan fingerprint density at radius 2 is 2.04 bits per heavy atom. The smallest absolute Gasteiger partial charge is 0.339 e. The number of nitrogens with one attached hydrogen (secondary N) is 1.